The van der Waals surface area contributed by atoms with Crippen LogP contribution in [0.15, 0.2) is 27.6 Å². The van der Waals surface area contributed by atoms with Crippen molar-refractivity contribution in [3.05, 3.63) is 28.5 Å². The van der Waals surface area contributed by atoms with E-state index in [2.05, 4.69) is 15.9 Å². The molecule has 2 rings (SSSR count). The number of nitrogens with zero attached hydrogens (tertiary/aromatic N) is 1. The van der Waals surface area contributed by atoms with Gasteiger partial charge in [-0.05, 0) is 34.1 Å². The number of hydrogen-bond donors (Lipinski definition) is 0. The smallest absolute Gasteiger partial charge is 0.207 e. The van der Waals surface area contributed by atoms with Gasteiger partial charge in [-0.3, -0.25) is 0 Å². The van der Waals surface area contributed by atoms with Crippen LogP contribution in [-0.2, 0) is 10.0 Å². The molecule has 0 radical (unpaired) electrons. The summed E-state index contributed by atoms with van der Waals surface area (Å²) in [6.45, 7) is 1.02. The van der Waals surface area contributed by atoms with E-state index in [1.807, 2.05) is 0 Å². The maximum atomic E-state index is 12.9. The summed E-state index contributed by atoms with van der Waals surface area (Å²) in [4.78, 5) is 0.130. The first-order chi connectivity index (χ1) is 8.01. The number of halogens is 2. The Morgan fingerprint density at radius 1 is 1.29 bits per heavy atom. The molecule has 1 aliphatic heterocycles. The molecule has 1 heterocycles. The van der Waals surface area contributed by atoms with Crippen LogP contribution in [0, 0.1) is 5.82 Å². The molecule has 17 heavy (non-hydrogen) atoms. The van der Waals surface area contributed by atoms with Crippen LogP contribution >= 0.6 is 27.7 Å². The SMILES string of the molecule is O=S(=O)(c1ccc(F)cc1Br)N1CCSCC1. The molecule has 7 heteroatoms. The highest BCUT2D eigenvalue weighted by molar-refractivity contribution is 9.10. The highest BCUT2D eigenvalue weighted by atomic mass is 79.9. The zero-order valence-corrected chi connectivity index (χ0v) is 12.1. The number of hydrogen-bond acceptors (Lipinski definition) is 3. The Morgan fingerprint density at radius 2 is 1.94 bits per heavy atom. The van der Waals surface area contributed by atoms with Crippen LogP contribution in [-0.4, -0.2) is 37.3 Å². The maximum absolute atomic E-state index is 12.9. The molecule has 1 fully saturated rings. The van der Waals surface area contributed by atoms with Crippen LogP contribution in [0.5, 0.6) is 0 Å². The predicted octanol–water partition coefficient (Wildman–Crippen LogP) is 2.33. The summed E-state index contributed by atoms with van der Waals surface area (Å²) < 4.78 is 39.2. The van der Waals surface area contributed by atoms with Gasteiger partial charge < -0.3 is 0 Å². The van der Waals surface area contributed by atoms with Crippen LogP contribution in [0.4, 0.5) is 4.39 Å². The van der Waals surface area contributed by atoms with Crippen molar-refractivity contribution in [3.8, 4) is 0 Å². The van der Waals surface area contributed by atoms with Crippen molar-refractivity contribution in [1.82, 2.24) is 4.31 Å². The van der Waals surface area contributed by atoms with Crippen LogP contribution in [0.3, 0.4) is 0 Å². The highest BCUT2D eigenvalue weighted by Gasteiger charge is 2.27. The van der Waals surface area contributed by atoms with E-state index >= 15 is 0 Å². The lowest BCUT2D eigenvalue weighted by Crippen LogP contribution is -2.38. The normalized spacial score (nSPS) is 18.2. The van der Waals surface area contributed by atoms with Crippen molar-refractivity contribution in [2.75, 3.05) is 24.6 Å². The molecular weight excluding hydrogens is 329 g/mol. The van der Waals surface area contributed by atoms with E-state index in [4.69, 9.17) is 0 Å². The second kappa shape index (κ2) is 5.26. The van der Waals surface area contributed by atoms with Gasteiger partial charge in [-0.25, -0.2) is 12.8 Å². The monoisotopic (exact) mass is 339 g/mol. The summed E-state index contributed by atoms with van der Waals surface area (Å²) in [6, 6.07) is 3.64. The highest BCUT2D eigenvalue weighted by Crippen LogP contribution is 2.27. The van der Waals surface area contributed by atoms with Gasteiger partial charge >= 0.3 is 0 Å². The topological polar surface area (TPSA) is 37.4 Å². The Hall–Kier alpha value is -0.110. The summed E-state index contributed by atoms with van der Waals surface area (Å²) in [6.07, 6.45) is 0. The van der Waals surface area contributed by atoms with Gasteiger partial charge in [-0.15, -0.1) is 0 Å². The van der Waals surface area contributed by atoms with E-state index in [1.165, 1.54) is 16.4 Å². The second-order valence-electron chi connectivity index (χ2n) is 3.59. The number of rotatable bonds is 2. The van der Waals surface area contributed by atoms with Gasteiger partial charge in [0.05, 0.1) is 4.90 Å². The Balaban J connectivity index is 2.37. The Labute approximate surface area is 113 Å². The first kappa shape index (κ1) is 13.3. The van der Waals surface area contributed by atoms with Gasteiger partial charge in [0.1, 0.15) is 5.82 Å². The van der Waals surface area contributed by atoms with Gasteiger partial charge in [-0.2, -0.15) is 16.1 Å². The summed E-state index contributed by atoms with van der Waals surface area (Å²) in [5.74, 6) is 1.15. The molecule has 0 N–H and O–H groups in total. The largest absolute Gasteiger partial charge is 0.244 e. The van der Waals surface area contributed by atoms with E-state index in [0.717, 1.165) is 17.6 Å². The fraction of sp³-hybridized carbons (Fsp3) is 0.400. The van der Waals surface area contributed by atoms with E-state index < -0.39 is 15.8 Å². The van der Waals surface area contributed by atoms with Gasteiger partial charge in [0.2, 0.25) is 10.0 Å². The van der Waals surface area contributed by atoms with E-state index in [9.17, 15) is 12.8 Å². The Kier molecular flexibility index (Phi) is 4.12. The summed E-state index contributed by atoms with van der Waals surface area (Å²) in [5, 5.41) is 0. The quantitative estimate of drug-likeness (QED) is 0.829. The molecule has 0 atom stereocenters. The minimum absolute atomic E-state index is 0.130. The van der Waals surface area contributed by atoms with Crippen molar-refractivity contribution in [1.29, 1.82) is 0 Å². The number of benzene rings is 1. The summed E-state index contributed by atoms with van der Waals surface area (Å²) in [7, 11) is -3.50. The van der Waals surface area contributed by atoms with E-state index in [1.54, 1.807) is 11.8 Å². The standard InChI is InChI=1S/C10H11BrFNO2S2/c11-9-7-8(12)1-2-10(9)17(14,15)13-3-5-16-6-4-13/h1-2,7H,3-6H2. The third kappa shape index (κ3) is 2.83. The van der Waals surface area contributed by atoms with Crippen LogP contribution < -0.4 is 0 Å². The Morgan fingerprint density at radius 3 is 2.53 bits per heavy atom. The molecule has 0 aromatic heterocycles. The third-order valence-corrected chi connectivity index (χ3v) is 6.30. The molecule has 1 aromatic rings. The molecule has 0 spiro atoms. The predicted molar refractivity (Wildman–Crippen MR) is 70.2 cm³/mol. The van der Waals surface area contributed by atoms with Crippen LogP contribution in [0.1, 0.15) is 0 Å². The molecule has 3 nitrogen and oxygen atoms in total. The molecular formula is C10H11BrFNO2S2. The molecule has 94 valence electrons. The minimum Gasteiger partial charge on any atom is -0.207 e. The number of sulfonamides is 1. The van der Waals surface area contributed by atoms with Crippen LogP contribution in [0.2, 0.25) is 0 Å². The van der Waals surface area contributed by atoms with Gasteiger partial charge in [0, 0.05) is 29.1 Å². The van der Waals surface area contributed by atoms with Crippen molar-refractivity contribution in [3.63, 3.8) is 0 Å². The van der Waals surface area contributed by atoms with E-state index in [0.29, 0.717) is 13.1 Å². The minimum atomic E-state index is -3.50. The fourth-order valence-electron chi connectivity index (χ4n) is 1.61. The molecule has 1 aromatic carbocycles. The third-order valence-electron chi connectivity index (χ3n) is 2.48. The van der Waals surface area contributed by atoms with Crippen molar-refractivity contribution >= 4 is 37.7 Å². The van der Waals surface area contributed by atoms with E-state index in [-0.39, 0.29) is 9.37 Å². The average molecular weight is 340 g/mol. The van der Waals surface area contributed by atoms with Gasteiger partial charge in [0.25, 0.3) is 0 Å². The summed E-state index contributed by atoms with van der Waals surface area (Å²) in [5.41, 5.74) is 0. The summed E-state index contributed by atoms with van der Waals surface area (Å²) >= 11 is 4.84. The van der Waals surface area contributed by atoms with Crippen molar-refractivity contribution in [2.45, 2.75) is 4.90 Å². The van der Waals surface area contributed by atoms with Crippen LogP contribution in [0.25, 0.3) is 0 Å². The molecule has 0 aliphatic carbocycles. The first-order valence-corrected chi connectivity index (χ1v) is 8.43. The molecule has 1 aliphatic rings. The maximum Gasteiger partial charge on any atom is 0.244 e. The lowest BCUT2D eigenvalue weighted by atomic mass is 10.3. The van der Waals surface area contributed by atoms with Gasteiger partial charge in [0.15, 0.2) is 0 Å². The zero-order valence-electron chi connectivity index (χ0n) is 8.90. The Bertz CT molecular complexity index is 515. The first-order valence-electron chi connectivity index (χ1n) is 5.05. The zero-order chi connectivity index (χ0) is 12.5. The molecule has 1 saturated heterocycles. The molecule has 0 unspecified atom stereocenters. The lowest BCUT2D eigenvalue weighted by Gasteiger charge is -2.26. The van der Waals surface area contributed by atoms with Crippen molar-refractivity contribution in [2.24, 2.45) is 0 Å². The molecule has 0 saturated carbocycles. The van der Waals surface area contributed by atoms with Gasteiger partial charge in [-0.1, -0.05) is 0 Å². The molecule has 0 amide bonds. The number of thioether (sulfide) groups is 1. The molecule has 0 bridgehead atoms. The van der Waals surface area contributed by atoms with Crippen molar-refractivity contribution < 1.29 is 12.8 Å². The average Bonchev–Trinajstić information content (AvgIpc) is 2.29. The fourth-order valence-corrected chi connectivity index (χ4v) is 5.20. The second-order valence-corrected chi connectivity index (χ2v) is 7.58. The lowest BCUT2D eigenvalue weighted by molar-refractivity contribution is 0.443.